The molecule has 0 amide bonds. The standard InChI is InChI=1S/C7H10N/c1-2-5-8-6-3-4-7-8/h3-7H2. The monoisotopic (exact) mass is 108 g/mol. The molecule has 0 aromatic carbocycles. The summed E-state index contributed by atoms with van der Waals surface area (Å²) in [5.74, 6) is 2.39. The molecule has 0 spiro atoms. The molecule has 43 valence electrons. The van der Waals surface area contributed by atoms with Gasteiger partial charge in [-0.2, -0.15) is 0 Å². The lowest BCUT2D eigenvalue weighted by Gasteiger charge is -2.07. The van der Waals surface area contributed by atoms with E-state index >= 15 is 0 Å². The van der Waals surface area contributed by atoms with Gasteiger partial charge in [0.1, 0.15) is 0 Å². The van der Waals surface area contributed by atoms with Gasteiger partial charge in [0.15, 0.2) is 0 Å². The van der Waals surface area contributed by atoms with Crippen molar-refractivity contribution in [3.63, 3.8) is 0 Å². The van der Waals surface area contributed by atoms with E-state index in [-0.39, 0.29) is 0 Å². The molecular weight excluding hydrogens is 98.1 g/mol. The van der Waals surface area contributed by atoms with Gasteiger partial charge in [0.2, 0.25) is 0 Å². The first-order valence-electron chi connectivity index (χ1n) is 3.05. The minimum absolute atomic E-state index is 0.736. The fourth-order valence-corrected chi connectivity index (χ4v) is 1.05. The van der Waals surface area contributed by atoms with Crippen molar-refractivity contribution >= 4 is 0 Å². The van der Waals surface area contributed by atoms with Crippen molar-refractivity contribution in [3.05, 3.63) is 6.42 Å². The fraction of sp³-hybridized carbons (Fsp3) is 0.714. The maximum Gasteiger partial charge on any atom is 0.0611 e. The number of nitrogens with zero attached hydrogens (tertiary/aromatic N) is 1. The topological polar surface area (TPSA) is 3.24 Å². The van der Waals surface area contributed by atoms with Crippen LogP contribution in [0.1, 0.15) is 12.8 Å². The molecule has 1 fully saturated rings. The van der Waals surface area contributed by atoms with Gasteiger partial charge in [0, 0.05) is 0 Å². The van der Waals surface area contributed by atoms with Crippen LogP contribution in [-0.2, 0) is 0 Å². The molecule has 1 rings (SSSR count). The Morgan fingerprint density at radius 2 is 2.00 bits per heavy atom. The van der Waals surface area contributed by atoms with Gasteiger partial charge in [-0.1, -0.05) is 5.92 Å². The second kappa shape index (κ2) is 2.74. The zero-order valence-corrected chi connectivity index (χ0v) is 4.98. The predicted molar refractivity (Wildman–Crippen MR) is 32.8 cm³/mol. The zero-order valence-electron chi connectivity index (χ0n) is 4.98. The Balaban J connectivity index is 2.17. The van der Waals surface area contributed by atoms with E-state index in [2.05, 4.69) is 10.8 Å². The number of hydrogen-bond donors (Lipinski definition) is 0. The molecule has 1 aliphatic heterocycles. The predicted octanol–water partition coefficient (Wildman–Crippen LogP) is 0.672. The summed E-state index contributed by atoms with van der Waals surface area (Å²) in [7, 11) is 0. The van der Waals surface area contributed by atoms with Gasteiger partial charge < -0.3 is 0 Å². The lowest BCUT2D eigenvalue weighted by atomic mass is 10.4. The van der Waals surface area contributed by atoms with E-state index in [9.17, 15) is 0 Å². The Morgan fingerprint density at radius 3 is 2.50 bits per heavy atom. The number of hydrogen-bond acceptors (Lipinski definition) is 1. The van der Waals surface area contributed by atoms with Crippen LogP contribution in [0.3, 0.4) is 0 Å². The van der Waals surface area contributed by atoms with Crippen LogP contribution in [0, 0.1) is 12.3 Å². The molecule has 1 heteroatoms. The SMILES string of the molecule is [C]#CCN1CCCC1. The van der Waals surface area contributed by atoms with E-state index in [1.807, 2.05) is 0 Å². The lowest BCUT2D eigenvalue weighted by Crippen LogP contribution is -2.18. The minimum Gasteiger partial charge on any atom is -0.292 e. The Morgan fingerprint density at radius 1 is 1.38 bits per heavy atom. The number of likely N-dealkylation sites (tertiary alicyclic amines) is 1. The summed E-state index contributed by atoms with van der Waals surface area (Å²) in [4.78, 5) is 2.24. The molecule has 0 bridgehead atoms. The third kappa shape index (κ3) is 1.24. The molecule has 0 aromatic heterocycles. The normalized spacial score (nSPS) is 20.9. The largest absolute Gasteiger partial charge is 0.292 e. The molecule has 1 aliphatic rings. The van der Waals surface area contributed by atoms with Crippen LogP contribution < -0.4 is 0 Å². The van der Waals surface area contributed by atoms with Gasteiger partial charge in [-0.05, 0) is 32.4 Å². The first-order valence-corrected chi connectivity index (χ1v) is 3.05. The Kier molecular flexibility index (Phi) is 1.93. The maximum atomic E-state index is 6.68. The Bertz CT molecular complexity index is 95.4. The highest BCUT2D eigenvalue weighted by molar-refractivity contribution is 4.83. The van der Waals surface area contributed by atoms with E-state index in [0.717, 1.165) is 6.54 Å². The van der Waals surface area contributed by atoms with Crippen LogP contribution in [0.5, 0.6) is 0 Å². The highest BCUT2D eigenvalue weighted by atomic mass is 15.1. The molecule has 0 N–H and O–H groups in total. The van der Waals surface area contributed by atoms with Crippen LogP contribution in [0.4, 0.5) is 0 Å². The summed E-state index contributed by atoms with van der Waals surface area (Å²) in [6, 6.07) is 0. The molecule has 0 aliphatic carbocycles. The second-order valence-corrected chi connectivity index (χ2v) is 2.16. The van der Waals surface area contributed by atoms with Gasteiger partial charge in [-0.25, -0.2) is 0 Å². The molecular formula is C7H10N. The quantitative estimate of drug-likeness (QED) is 0.446. The first kappa shape index (κ1) is 5.65. The average molecular weight is 108 g/mol. The molecule has 1 radical (unpaired) electrons. The van der Waals surface area contributed by atoms with Gasteiger partial charge in [0.25, 0.3) is 0 Å². The molecule has 0 unspecified atom stereocenters. The van der Waals surface area contributed by atoms with Crippen molar-refractivity contribution in [1.82, 2.24) is 4.90 Å². The maximum absolute atomic E-state index is 6.68. The van der Waals surface area contributed by atoms with Gasteiger partial charge in [0.05, 0.1) is 6.54 Å². The third-order valence-electron chi connectivity index (χ3n) is 1.50. The van der Waals surface area contributed by atoms with E-state index in [4.69, 9.17) is 6.42 Å². The minimum atomic E-state index is 0.736. The van der Waals surface area contributed by atoms with Crippen molar-refractivity contribution in [2.45, 2.75) is 12.8 Å². The summed E-state index contributed by atoms with van der Waals surface area (Å²) in [6.45, 7) is 3.08. The summed E-state index contributed by atoms with van der Waals surface area (Å²) < 4.78 is 0. The molecule has 1 saturated heterocycles. The summed E-state index contributed by atoms with van der Waals surface area (Å²) >= 11 is 0. The van der Waals surface area contributed by atoms with Crippen LogP contribution in [0.2, 0.25) is 0 Å². The van der Waals surface area contributed by atoms with Gasteiger partial charge in [-0.15, -0.1) is 0 Å². The smallest absolute Gasteiger partial charge is 0.0611 e. The highest BCUT2D eigenvalue weighted by Crippen LogP contribution is 2.04. The van der Waals surface area contributed by atoms with E-state index in [0.29, 0.717) is 0 Å². The Hall–Kier alpha value is -0.480. The van der Waals surface area contributed by atoms with Crippen molar-refractivity contribution in [1.29, 1.82) is 0 Å². The van der Waals surface area contributed by atoms with Gasteiger partial charge in [-0.3, -0.25) is 4.90 Å². The van der Waals surface area contributed by atoms with Crippen molar-refractivity contribution in [3.8, 4) is 5.92 Å². The summed E-state index contributed by atoms with van der Waals surface area (Å²) in [5, 5.41) is 0. The van der Waals surface area contributed by atoms with E-state index in [1.54, 1.807) is 0 Å². The molecule has 0 aromatic rings. The van der Waals surface area contributed by atoms with Crippen molar-refractivity contribution in [2.24, 2.45) is 0 Å². The molecule has 1 heterocycles. The molecule has 0 atom stereocenters. The highest BCUT2D eigenvalue weighted by Gasteiger charge is 2.08. The van der Waals surface area contributed by atoms with Crippen LogP contribution >= 0.6 is 0 Å². The lowest BCUT2D eigenvalue weighted by molar-refractivity contribution is 0.383. The van der Waals surface area contributed by atoms with E-state index in [1.165, 1.54) is 25.9 Å². The van der Waals surface area contributed by atoms with Gasteiger partial charge >= 0.3 is 0 Å². The van der Waals surface area contributed by atoms with Crippen molar-refractivity contribution < 1.29 is 0 Å². The van der Waals surface area contributed by atoms with E-state index < -0.39 is 0 Å². The third-order valence-corrected chi connectivity index (χ3v) is 1.50. The van der Waals surface area contributed by atoms with Crippen LogP contribution in [0.15, 0.2) is 0 Å². The molecule has 8 heavy (non-hydrogen) atoms. The fourth-order valence-electron chi connectivity index (χ4n) is 1.05. The van der Waals surface area contributed by atoms with Crippen molar-refractivity contribution in [2.75, 3.05) is 19.6 Å². The molecule has 0 saturated carbocycles. The second-order valence-electron chi connectivity index (χ2n) is 2.16. The van der Waals surface area contributed by atoms with Crippen LogP contribution in [0.25, 0.3) is 0 Å². The summed E-state index contributed by atoms with van der Waals surface area (Å²) in [5.41, 5.74) is 0. The average Bonchev–Trinajstić information content (AvgIpc) is 2.19. The number of rotatable bonds is 1. The summed E-state index contributed by atoms with van der Waals surface area (Å²) in [6.07, 6.45) is 9.29. The zero-order chi connectivity index (χ0) is 5.82. The van der Waals surface area contributed by atoms with Crippen LogP contribution in [-0.4, -0.2) is 24.5 Å². The Labute approximate surface area is 50.7 Å². The molecule has 1 nitrogen and oxygen atoms in total. The first-order chi connectivity index (χ1) is 3.93.